The van der Waals surface area contributed by atoms with Crippen LogP contribution in [0.3, 0.4) is 0 Å². The number of carboxylic acids is 1. The van der Waals surface area contributed by atoms with E-state index < -0.39 is 5.97 Å². The highest BCUT2D eigenvalue weighted by Gasteiger charge is 2.30. The number of benzene rings is 1. The van der Waals surface area contributed by atoms with Gasteiger partial charge in [-0.15, -0.1) is 0 Å². The van der Waals surface area contributed by atoms with Crippen LogP contribution in [0.5, 0.6) is 0 Å². The third kappa shape index (κ3) is 3.84. The minimum Gasteiger partial charge on any atom is -0.481 e. The quantitative estimate of drug-likeness (QED) is 0.871. The van der Waals surface area contributed by atoms with E-state index in [4.69, 9.17) is 0 Å². The molecule has 5 heteroatoms. The van der Waals surface area contributed by atoms with Gasteiger partial charge in [0.25, 0.3) is 5.91 Å². The summed E-state index contributed by atoms with van der Waals surface area (Å²) in [5.74, 6) is -1.20. The molecule has 1 saturated carbocycles. The van der Waals surface area contributed by atoms with Crippen LogP contribution in [0.2, 0.25) is 0 Å². The van der Waals surface area contributed by atoms with Gasteiger partial charge in [-0.1, -0.05) is 25.0 Å². The van der Waals surface area contributed by atoms with Gasteiger partial charge in [0.15, 0.2) is 0 Å². The van der Waals surface area contributed by atoms with Crippen molar-refractivity contribution in [2.75, 3.05) is 6.54 Å². The fourth-order valence-electron chi connectivity index (χ4n) is 2.92. The van der Waals surface area contributed by atoms with Crippen LogP contribution in [0.1, 0.15) is 41.6 Å². The van der Waals surface area contributed by atoms with Crippen LogP contribution in [0, 0.1) is 18.8 Å². The zero-order chi connectivity index (χ0) is 15.4. The second kappa shape index (κ2) is 7.07. The largest absolute Gasteiger partial charge is 0.481 e. The summed E-state index contributed by atoms with van der Waals surface area (Å²) < 4.78 is 0.793. The summed E-state index contributed by atoms with van der Waals surface area (Å²) >= 11 is 3.43. The van der Waals surface area contributed by atoms with Crippen molar-refractivity contribution < 1.29 is 14.7 Å². The van der Waals surface area contributed by atoms with Crippen LogP contribution in [-0.2, 0) is 4.79 Å². The fourth-order valence-corrected chi connectivity index (χ4v) is 3.36. The first-order chi connectivity index (χ1) is 10.0. The maximum atomic E-state index is 12.2. The molecule has 2 atom stereocenters. The lowest BCUT2D eigenvalue weighted by Gasteiger charge is -2.28. The monoisotopic (exact) mass is 353 g/mol. The number of carboxylic acid groups (broad SMARTS) is 1. The maximum Gasteiger partial charge on any atom is 0.306 e. The maximum absolute atomic E-state index is 12.2. The molecule has 2 unspecified atom stereocenters. The summed E-state index contributed by atoms with van der Waals surface area (Å²) in [7, 11) is 0. The zero-order valence-electron chi connectivity index (χ0n) is 12.1. The SMILES string of the molecule is Cc1cccc(C(=O)NCC2CCCCC2C(=O)O)c1Br. The molecule has 0 heterocycles. The van der Waals surface area contributed by atoms with E-state index in [9.17, 15) is 14.7 Å². The first-order valence-electron chi connectivity index (χ1n) is 7.27. The zero-order valence-corrected chi connectivity index (χ0v) is 13.6. The first-order valence-corrected chi connectivity index (χ1v) is 8.06. The second-order valence-electron chi connectivity index (χ2n) is 5.64. The minimum atomic E-state index is -0.745. The lowest BCUT2D eigenvalue weighted by atomic mass is 9.79. The lowest BCUT2D eigenvalue weighted by Crippen LogP contribution is -2.37. The number of nitrogens with one attached hydrogen (secondary N) is 1. The molecule has 114 valence electrons. The molecule has 1 amide bonds. The van der Waals surface area contributed by atoms with Gasteiger partial charge in [-0.2, -0.15) is 0 Å². The van der Waals surface area contributed by atoms with Crippen molar-refractivity contribution in [2.24, 2.45) is 11.8 Å². The van der Waals surface area contributed by atoms with Gasteiger partial charge in [-0.05, 0) is 53.2 Å². The Morgan fingerprint density at radius 3 is 2.76 bits per heavy atom. The van der Waals surface area contributed by atoms with Crippen LogP contribution >= 0.6 is 15.9 Å². The van der Waals surface area contributed by atoms with Crippen molar-refractivity contribution in [1.29, 1.82) is 0 Å². The van der Waals surface area contributed by atoms with Crippen molar-refractivity contribution in [1.82, 2.24) is 5.32 Å². The van der Waals surface area contributed by atoms with Gasteiger partial charge >= 0.3 is 5.97 Å². The van der Waals surface area contributed by atoms with Crippen LogP contribution < -0.4 is 5.32 Å². The molecule has 0 spiro atoms. The van der Waals surface area contributed by atoms with Crippen LogP contribution in [0.4, 0.5) is 0 Å². The van der Waals surface area contributed by atoms with Crippen molar-refractivity contribution in [3.63, 3.8) is 0 Å². The van der Waals surface area contributed by atoms with Crippen molar-refractivity contribution in [2.45, 2.75) is 32.6 Å². The molecule has 0 saturated heterocycles. The molecule has 0 bridgehead atoms. The van der Waals surface area contributed by atoms with E-state index in [0.717, 1.165) is 29.3 Å². The average molecular weight is 354 g/mol. The number of halogens is 1. The highest BCUT2D eigenvalue weighted by atomic mass is 79.9. The van der Waals surface area contributed by atoms with Crippen LogP contribution in [0.15, 0.2) is 22.7 Å². The summed E-state index contributed by atoms with van der Waals surface area (Å²) in [6, 6.07) is 5.54. The topological polar surface area (TPSA) is 66.4 Å². The molecule has 1 aliphatic carbocycles. The number of aliphatic carboxylic acids is 1. The number of hydrogen-bond donors (Lipinski definition) is 2. The Kier molecular flexibility index (Phi) is 5.39. The number of aryl methyl sites for hydroxylation is 1. The standard InChI is InChI=1S/C16H20BrNO3/c1-10-5-4-8-13(14(10)17)15(19)18-9-11-6-2-3-7-12(11)16(20)21/h4-5,8,11-12H,2-3,6-7,9H2,1H3,(H,18,19)(H,20,21). The van der Waals surface area contributed by atoms with E-state index in [-0.39, 0.29) is 17.7 Å². The molecule has 0 aliphatic heterocycles. The highest BCUT2D eigenvalue weighted by Crippen LogP contribution is 2.30. The van der Waals surface area contributed by atoms with Gasteiger partial charge in [0.1, 0.15) is 0 Å². The molecular weight excluding hydrogens is 334 g/mol. The molecular formula is C16H20BrNO3. The molecule has 2 rings (SSSR count). The number of amides is 1. The summed E-state index contributed by atoms with van der Waals surface area (Å²) in [6.45, 7) is 2.36. The lowest BCUT2D eigenvalue weighted by molar-refractivity contribution is -0.144. The van der Waals surface area contributed by atoms with Gasteiger partial charge < -0.3 is 10.4 Å². The normalized spacial score (nSPS) is 21.8. The predicted octanol–water partition coefficient (Wildman–Crippen LogP) is 3.38. The van der Waals surface area contributed by atoms with E-state index >= 15 is 0 Å². The third-order valence-electron chi connectivity index (χ3n) is 4.19. The van der Waals surface area contributed by atoms with E-state index in [1.54, 1.807) is 6.07 Å². The molecule has 1 fully saturated rings. The minimum absolute atomic E-state index is 0.0313. The Morgan fingerprint density at radius 1 is 1.33 bits per heavy atom. The molecule has 4 nitrogen and oxygen atoms in total. The molecule has 21 heavy (non-hydrogen) atoms. The number of carbonyl (C=O) groups excluding carboxylic acids is 1. The Bertz CT molecular complexity index is 544. The van der Waals surface area contributed by atoms with Crippen LogP contribution in [-0.4, -0.2) is 23.5 Å². The average Bonchev–Trinajstić information content (AvgIpc) is 2.47. The number of carbonyl (C=O) groups is 2. The molecule has 0 aromatic heterocycles. The summed E-state index contributed by atoms with van der Waals surface area (Å²) in [6.07, 6.45) is 3.58. The van der Waals surface area contributed by atoms with E-state index in [0.29, 0.717) is 18.5 Å². The highest BCUT2D eigenvalue weighted by molar-refractivity contribution is 9.10. The fraction of sp³-hybridized carbons (Fsp3) is 0.500. The molecule has 0 radical (unpaired) electrons. The molecule has 1 aliphatic rings. The Balaban J connectivity index is 2.00. The summed E-state index contributed by atoms with van der Waals surface area (Å²) in [4.78, 5) is 23.5. The van der Waals surface area contributed by atoms with Crippen molar-refractivity contribution in [3.05, 3.63) is 33.8 Å². The predicted molar refractivity (Wildman–Crippen MR) is 84.3 cm³/mol. The van der Waals surface area contributed by atoms with E-state index in [2.05, 4.69) is 21.2 Å². The van der Waals surface area contributed by atoms with Gasteiger partial charge in [0.2, 0.25) is 0 Å². The molecule has 1 aromatic rings. The Morgan fingerprint density at radius 2 is 2.05 bits per heavy atom. The number of hydrogen-bond acceptors (Lipinski definition) is 2. The summed E-state index contributed by atoms with van der Waals surface area (Å²) in [5.41, 5.74) is 1.60. The summed E-state index contributed by atoms with van der Waals surface area (Å²) in [5, 5.41) is 12.1. The first kappa shape index (κ1) is 16.0. The Hall–Kier alpha value is -1.36. The molecule has 2 N–H and O–H groups in total. The Labute approximate surface area is 133 Å². The second-order valence-corrected chi connectivity index (χ2v) is 6.43. The third-order valence-corrected chi connectivity index (χ3v) is 5.24. The van der Waals surface area contributed by atoms with Crippen molar-refractivity contribution >= 4 is 27.8 Å². The molecule has 1 aromatic carbocycles. The number of rotatable bonds is 4. The van der Waals surface area contributed by atoms with Crippen molar-refractivity contribution in [3.8, 4) is 0 Å². The van der Waals surface area contributed by atoms with Gasteiger partial charge in [-0.3, -0.25) is 9.59 Å². The van der Waals surface area contributed by atoms with Crippen LogP contribution in [0.25, 0.3) is 0 Å². The smallest absolute Gasteiger partial charge is 0.306 e. The van der Waals surface area contributed by atoms with Gasteiger partial charge in [-0.25, -0.2) is 0 Å². The van der Waals surface area contributed by atoms with Gasteiger partial charge in [0.05, 0.1) is 11.5 Å². The van der Waals surface area contributed by atoms with Gasteiger partial charge in [0, 0.05) is 11.0 Å². The van der Waals surface area contributed by atoms with E-state index in [1.165, 1.54) is 0 Å². The van der Waals surface area contributed by atoms with E-state index in [1.807, 2.05) is 19.1 Å².